The first-order chi connectivity index (χ1) is 9.02. The lowest BCUT2D eigenvalue weighted by Gasteiger charge is -2.46. The summed E-state index contributed by atoms with van der Waals surface area (Å²) < 4.78 is 27.0. The number of fused-ring (bicyclic) bond motifs is 5. The molecule has 0 radical (unpaired) electrons. The van der Waals surface area contributed by atoms with E-state index in [0.717, 1.165) is 27.8 Å². The summed E-state index contributed by atoms with van der Waals surface area (Å²) in [5.74, 6) is -2.52. The third kappa shape index (κ3) is 1.32. The molecule has 1 saturated carbocycles. The van der Waals surface area contributed by atoms with Crippen LogP contribution in [0.25, 0.3) is 11.1 Å². The van der Waals surface area contributed by atoms with Gasteiger partial charge in [0.25, 0.3) is 5.92 Å². The van der Waals surface area contributed by atoms with E-state index in [-0.39, 0.29) is 12.8 Å². The lowest BCUT2D eigenvalue weighted by molar-refractivity contribution is -0.112. The molecule has 4 rings (SSSR count). The summed E-state index contributed by atoms with van der Waals surface area (Å²) in [6.07, 6.45) is -0.0963. The second-order valence-electron chi connectivity index (χ2n) is 5.89. The molecule has 1 spiro atoms. The monoisotopic (exact) mass is 256 g/mol. The molecule has 2 heteroatoms. The fourth-order valence-electron chi connectivity index (χ4n) is 3.78. The van der Waals surface area contributed by atoms with Gasteiger partial charge in [-0.25, -0.2) is 8.78 Å². The number of hydrogen-bond acceptors (Lipinski definition) is 0. The van der Waals surface area contributed by atoms with Gasteiger partial charge in [-0.05, 0) is 29.2 Å². The number of halogens is 2. The van der Waals surface area contributed by atoms with Gasteiger partial charge >= 0.3 is 0 Å². The zero-order chi connectivity index (χ0) is 13.3. The smallest absolute Gasteiger partial charge is 0.207 e. The Morgan fingerprint density at radius 3 is 2.32 bits per heavy atom. The van der Waals surface area contributed by atoms with Crippen LogP contribution in [0.1, 0.15) is 29.5 Å². The van der Waals surface area contributed by atoms with Gasteiger partial charge in [-0.15, -0.1) is 0 Å². The van der Waals surface area contributed by atoms with E-state index in [4.69, 9.17) is 0 Å². The molecule has 0 heterocycles. The molecule has 2 aromatic rings. The van der Waals surface area contributed by atoms with Gasteiger partial charge < -0.3 is 0 Å². The van der Waals surface area contributed by atoms with Gasteiger partial charge in [0.1, 0.15) is 0 Å². The van der Waals surface area contributed by atoms with Crippen LogP contribution in [0.4, 0.5) is 8.78 Å². The second kappa shape index (κ2) is 3.24. The van der Waals surface area contributed by atoms with Crippen molar-refractivity contribution in [3.8, 4) is 11.1 Å². The molecule has 1 fully saturated rings. The summed E-state index contributed by atoms with van der Waals surface area (Å²) in [6, 6.07) is 14.2. The molecule has 0 aliphatic heterocycles. The lowest BCUT2D eigenvalue weighted by Crippen LogP contribution is -2.48. The molecule has 0 nitrogen and oxygen atoms in total. The minimum atomic E-state index is -2.52. The quantitative estimate of drug-likeness (QED) is 0.641. The van der Waals surface area contributed by atoms with Gasteiger partial charge in [0.2, 0.25) is 0 Å². The molecule has 0 amide bonds. The van der Waals surface area contributed by atoms with E-state index in [2.05, 4.69) is 24.3 Å². The van der Waals surface area contributed by atoms with Crippen molar-refractivity contribution < 1.29 is 8.78 Å². The topological polar surface area (TPSA) is 0 Å². The highest BCUT2D eigenvalue weighted by Crippen LogP contribution is 2.63. The van der Waals surface area contributed by atoms with E-state index in [1.807, 2.05) is 25.1 Å². The SMILES string of the molecule is Cc1ccc2c(c1)C1(CC(F)(F)C1)c1ccccc1-2. The number of hydrogen-bond donors (Lipinski definition) is 0. The highest BCUT2D eigenvalue weighted by atomic mass is 19.3. The van der Waals surface area contributed by atoms with Crippen LogP contribution in [-0.2, 0) is 5.41 Å². The first kappa shape index (κ1) is 11.2. The summed E-state index contributed by atoms with van der Waals surface area (Å²) in [7, 11) is 0. The van der Waals surface area contributed by atoms with Crippen LogP contribution in [0, 0.1) is 6.92 Å². The van der Waals surface area contributed by atoms with Gasteiger partial charge in [-0.2, -0.15) is 0 Å². The molecular weight excluding hydrogens is 242 g/mol. The Labute approximate surface area is 111 Å². The van der Waals surface area contributed by atoms with E-state index < -0.39 is 11.3 Å². The molecular formula is C17H14F2. The van der Waals surface area contributed by atoms with E-state index in [9.17, 15) is 8.78 Å². The van der Waals surface area contributed by atoms with Gasteiger partial charge in [0.05, 0.1) is 0 Å². The van der Waals surface area contributed by atoms with Gasteiger partial charge in [-0.3, -0.25) is 0 Å². The highest BCUT2D eigenvalue weighted by Gasteiger charge is 2.61. The summed E-state index contributed by atoms with van der Waals surface area (Å²) in [4.78, 5) is 0. The van der Waals surface area contributed by atoms with Gasteiger partial charge in [0, 0.05) is 18.3 Å². The zero-order valence-corrected chi connectivity index (χ0v) is 10.7. The number of alkyl halides is 2. The first-order valence-electron chi connectivity index (χ1n) is 6.61. The van der Waals surface area contributed by atoms with Crippen molar-refractivity contribution in [3.63, 3.8) is 0 Å². The predicted molar refractivity (Wildman–Crippen MR) is 71.6 cm³/mol. The van der Waals surface area contributed by atoms with Crippen LogP contribution in [0.5, 0.6) is 0 Å². The van der Waals surface area contributed by atoms with E-state index in [0.29, 0.717) is 0 Å². The second-order valence-corrected chi connectivity index (χ2v) is 5.89. The summed E-state index contributed by atoms with van der Waals surface area (Å²) in [5.41, 5.74) is 5.15. The van der Waals surface area contributed by atoms with Gasteiger partial charge in [0.15, 0.2) is 0 Å². The lowest BCUT2D eigenvalue weighted by atomic mass is 9.60. The molecule has 0 N–H and O–H groups in total. The maximum atomic E-state index is 13.5. The maximum Gasteiger partial charge on any atom is 0.250 e. The molecule has 0 saturated heterocycles. The number of rotatable bonds is 0. The molecule has 2 aliphatic rings. The third-order valence-corrected chi connectivity index (χ3v) is 4.54. The Kier molecular flexibility index (Phi) is 1.90. The summed E-state index contributed by atoms with van der Waals surface area (Å²) in [6.45, 7) is 2.02. The Morgan fingerprint density at radius 2 is 1.58 bits per heavy atom. The maximum absolute atomic E-state index is 13.5. The van der Waals surface area contributed by atoms with Gasteiger partial charge in [-0.1, -0.05) is 48.0 Å². The Balaban J connectivity index is 2.00. The van der Waals surface area contributed by atoms with E-state index in [1.54, 1.807) is 0 Å². The van der Waals surface area contributed by atoms with Crippen molar-refractivity contribution in [2.45, 2.75) is 31.1 Å². The minimum absolute atomic E-state index is 0.0481. The highest BCUT2D eigenvalue weighted by molar-refractivity contribution is 5.82. The Bertz CT molecular complexity index is 677. The third-order valence-electron chi connectivity index (χ3n) is 4.54. The van der Waals surface area contributed by atoms with Crippen molar-refractivity contribution in [2.24, 2.45) is 0 Å². The van der Waals surface area contributed by atoms with Crippen LogP contribution >= 0.6 is 0 Å². The molecule has 96 valence electrons. The average Bonchev–Trinajstić information content (AvgIpc) is 2.60. The van der Waals surface area contributed by atoms with Crippen LogP contribution in [-0.4, -0.2) is 5.92 Å². The van der Waals surface area contributed by atoms with Crippen molar-refractivity contribution in [3.05, 3.63) is 59.2 Å². The molecule has 0 aromatic heterocycles. The molecule has 0 atom stereocenters. The Morgan fingerprint density at radius 1 is 0.895 bits per heavy atom. The van der Waals surface area contributed by atoms with Crippen molar-refractivity contribution in [1.82, 2.24) is 0 Å². The van der Waals surface area contributed by atoms with E-state index >= 15 is 0 Å². The van der Waals surface area contributed by atoms with Crippen molar-refractivity contribution in [1.29, 1.82) is 0 Å². The van der Waals surface area contributed by atoms with Crippen molar-refractivity contribution >= 4 is 0 Å². The van der Waals surface area contributed by atoms with E-state index in [1.165, 1.54) is 0 Å². The number of aryl methyl sites for hydroxylation is 1. The number of benzene rings is 2. The first-order valence-corrected chi connectivity index (χ1v) is 6.61. The zero-order valence-electron chi connectivity index (χ0n) is 10.7. The fourth-order valence-corrected chi connectivity index (χ4v) is 3.78. The Hall–Kier alpha value is -1.70. The van der Waals surface area contributed by atoms with Crippen LogP contribution in [0.3, 0.4) is 0 Å². The fraction of sp³-hybridized carbons (Fsp3) is 0.294. The molecule has 2 aromatic carbocycles. The molecule has 19 heavy (non-hydrogen) atoms. The minimum Gasteiger partial charge on any atom is -0.207 e. The predicted octanol–water partition coefficient (Wildman–Crippen LogP) is 4.69. The van der Waals surface area contributed by atoms with Crippen molar-refractivity contribution in [2.75, 3.05) is 0 Å². The average molecular weight is 256 g/mol. The van der Waals surface area contributed by atoms with Crippen LogP contribution in [0.2, 0.25) is 0 Å². The molecule has 0 bridgehead atoms. The molecule has 2 aliphatic carbocycles. The largest absolute Gasteiger partial charge is 0.250 e. The van der Waals surface area contributed by atoms with Crippen LogP contribution in [0.15, 0.2) is 42.5 Å². The summed E-state index contributed by atoms with van der Waals surface area (Å²) >= 11 is 0. The van der Waals surface area contributed by atoms with Crippen LogP contribution < -0.4 is 0 Å². The normalized spacial score (nSPS) is 20.8. The summed E-state index contributed by atoms with van der Waals surface area (Å²) in [5, 5.41) is 0. The standard InChI is InChI=1S/C17H14F2/c1-11-6-7-13-12-4-2-3-5-14(12)16(15(13)8-11)9-17(18,19)10-16/h2-8H,9-10H2,1H3. The molecule has 0 unspecified atom stereocenters.